The van der Waals surface area contributed by atoms with Crippen molar-refractivity contribution in [2.75, 3.05) is 19.8 Å². The summed E-state index contributed by atoms with van der Waals surface area (Å²) in [7, 11) is -4.07. The molecule has 1 aromatic heterocycles. The summed E-state index contributed by atoms with van der Waals surface area (Å²) >= 11 is 0. The average Bonchev–Trinajstić information content (AvgIpc) is 3.26. The normalized spacial score (nSPS) is 22.8. The van der Waals surface area contributed by atoms with Crippen LogP contribution in [0.5, 0.6) is 0 Å². The van der Waals surface area contributed by atoms with Gasteiger partial charge in [0.25, 0.3) is 10.0 Å². The van der Waals surface area contributed by atoms with E-state index in [0.717, 1.165) is 16.4 Å². The van der Waals surface area contributed by atoms with E-state index in [-0.39, 0.29) is 18.5 Å². The Balaban J connectivity index is 1.75. The minimum atomic E-state index is -4.07. The maximum absolute atomic E-state index is 12.7. The fourth-order valence-corrected chi connectivity index (χ4v) is 4.69. The number of sulfonamides is 1. The molecule has 25 heavy (non-hydrogen) atoms. The zero-order valence-electron chi connectivity index (χ0n) is 13.5. The highest BCUT2D eigenvalue weighted by Gasteiger charge is 2.41. The number of aromatic carboxylic acids is 1. The molecule has 0 saturated carbocycles. The molecule has 0 bridgehead atoms. The van der Waals surface area contributed by atoms with Crippen molar-refractivity contribution in [2.45, 2.75) is 42.9 Å². The second-order valence-corrected chi connectivity index (χ2v) is 7.91. The number of nitrogens with zero attached hydrogens (tertiary/aromatic N) is 1. The van der Waals surface area contributed by atoms with Gasteiger partial charge < -0.3 is 19.6 Å². The van der Waals surface area contributed by atoms with Gasteiger partial charge in [0, 0.05) is 25.8 Å². The number of nitrogens with one attached hydrogen (secondary N) is 1. The lowest BCUT2D eigenvalue weighted by molar-refractivity contribution is -0.125. The van der Waals surface area contributed by atoms with Crippen molar-refractivity contribution in [3.05, 3.63) is 17.9 Å². The van der Waals surface area contributed by atoms with Gasteiger partial charge in [-0.1, -0.05) is 0 Å². The molecule has 0 spiro atoms. The van der Waals surface area contributed by atoms with Crippen molar-refractivity contribution in [2.24, 2.45) is 0 Å². The Morgan fingerprint density at radius 3 is 2.56 bits per heavy atom. The van der Waals surface area contributed by atoms with Crippen LogP contribution in [0, 0.1) is 0 Å². The van der Waals surface area contributed by atoms with Crippen molar-refractivity contribution >= 4 is 21.9 Å². The highest BCUT2D eigenvalue weighted by molar-refractivity contribution is 7.89. The lowest BCUT2D eigenvalue weighted by Crippen LogP contribution is -2.49. The molecule has 2 fully saturated rings. The van der Waals surface area contributed by atoms with E-state index < -0.39 is 32.9 Å². The van der Waals surface area contributed by atoms with Crippen molar-refractivity contribution in [3.63, 3.8) is 0 Å². The Hall–Kier alpha value is -1.91. The monoisotopic (exact) mass is 372 g/mol. The first-order valence-corrected chi connectivity index (χ1v) is 9.56. The van der Waals surface area contributed by atoms with Crippen molar-refractivity contribution in [3.8, 4) is 0 Å². The van der Waals surface area contributed by atoms with Gasteiger partial charge in [0.2, 0.25) is 16.8 Å². The Kier molecular flexibility index (Phi) is 5.11. The number of hydrogen-bond donors (Lipinski definition) is 2. The number of hydrogen-bond acceptors (Lipinski definition) is 6. The number of carboxylic acids is 1. The second kappa shape index (κ2) is 7.14. The molecule has 0 aromatic carbocycles. The van der Waals surface area contributed by atoms with Crippen LogP contribution in [-0.2, 0) is 19.6 Å². The minimum Gasteiger partial charge on any atom is -0.475 e. The van der Waals surface area contributed by atoms with Crippen molar-refractivity contribution in [1.29, 1.82) is 0 Å². The lowest BCUT2D eigenvalue weighted by Gasteiger charge is -2.27. The maximum atomic E-state index is 12.7. The van der Waals surface area contributed by atoms with Crippen LogP contribution < -0.4 is 5.32 Å². The summed E-state index contributed by atoms with van der Waals surface area (Å²) in [5.74, 6) is -2.14. The zero-order valence-corrected chi connectivity index (χ0v) is 14.3. The molecule has 1 unspecified atom stereocenters. The molecular formula is C15H20N2O7S. The predicted octanol–water partition coefficient (Wildman–Crippen LogP) is 0.426. The summed E-state index contributed by atoms with van der Waals surface area (Å²) in [6, 6.07) is 1.35. The number of furan rings is 1. The number of carbonyl (C=O) groups is 2. The van der Waals surface area contributed by atoms with Crippen LogP contribution in [0.1, 0.15) is 36.2 Å². The maximum Gasteiger partial charge on any atom is 0.371 e. The van der Waals surface area contributed by atoms with E-state index >= 15 is 0 Å². The quantitative estimate of drug-likeness (QED) is 0.767. The number of amides is 1. The molecule has 0 radical (unpaired) electrons. The molecule has 1 amide bonds. The molecule has 10 heteroatoms. The Morgan fingerprint density at radius 1 is 1.20 bits per heavy atom. The molecule has 1 aromatic rings. The Morgan fingerprint density at radius 2 is 1.92 bits per heavy atom. The molecule has 0 aliphatic carbocycles. The largest absolute Gasteiger partial charge is 0.475 e. The number of carbonyl (C=O) groups excluding carboxylic acids is 1. The van der Waals surface area contributed by atoms with E-state index in [9.17, 15) is 18.0 Å². The first-order valence-electron chi connectivity index (χ1n) is 8.12. The number of ether oxygens (including phenoxy) is 1. The van der Waals surface area contributed by atoms with Crippen molar-refractivity contribution < 1.29 is 32.3 Å². The highest BCUT2D eigenvalue weighted by Crippen LogP contribution is 2.27. The van der Waals surface area contributed by atoms with Crippen LogP contribution in [0.2, 0.25) is 0 Å². The van der Waals surface area contributed by atoms with Crippen LogP contribution in [0.15, 0.2) is 21.6 Å². The van der Waals surface area contributed by atoms with Gasteiger partial charge in [-0.15, -0.1) is 0 Å². The first kappa shape index (κ1) is 17.9. The molecule has 3 rings (SSSR count). The average molecular weight is 372 g/mol. The van der Waals surface area contributed by atoms with Gasteiger partial charge >= 0.3 is 5.97 Å². The standard InChI is InChI=1S/C15H20N2O7S/c18-14(16-10-5-8-23-9-6-10)11-2-1-7-17(11)25(21,22)13-4-3-12(24-13)15(19)20/h3-4,10-11H,1-2,5-9H2,(H,16,18)(H,19,20). The van der Waals surface area contributed by atoms with Crippen LogP contribution in [0.4, 0.5) is 0 Å². The molecule has 2 aliphatic heterocycles. The van der Waals surface area contributed by atoms with Gasteiger partial charge in [-0.25, -0.2) is 13.2 Å². The minimum absolute atomic E-state index is 0.0198. The fourth-order valence-electron chi connectivity index (χ4n) is 3.12. The van der Waals surface area contributed by atoms with Gasteiger partial charge in [0.1, 0.15) is 6.04 Å². The molecule has 3 heterocycles. The lowest BCUT2D eigenvalue weighted by atomic mass is 10.1. The van der Waals surface area contributed by atoms with Crippen LogP contribution >= 0.6 is 0 Å². The third kappa shape index (κ3) is 3.70. The van der Waals surface area contributed by atoms with Crippen LogP contribution in [0.3, 0.4) is 0 Å². The molecular weight excluding hydrogens is 352 g/mol. The van der Waals surface area contributed by atoms with Gasteiger partial charge in [-0.05, 0) is 37.8 Å². The molecule has 2 saturated heterocycles. The molecule has 1 atom stereocenters. The fraction of sp³-hybridized carbons (Fsp3) is 0.600. The summed E-state index contributed by atoms with van der Waals surface area (Å²) in [6.45, 7) is 1.33. The summed E-state index contributed by atoms with van der Waals surface area (Å²) in [6.07, 6.45) is 2.37. The molecule has 2 N–H and O–H groups in total. The predicted molar refractivity (Wildman–Crippen MR) is 84.6 cm³/mol. The molecule has 138 valence electrons. The van der Waals surface area contributed by atoms with Gasteiger partial charge in [-0.3, -0.25) is 4.79 Å². The van der Waals surface area contributed by atoms with Gasteiger partial charge in [-0.2, -0.15) is 4.31 Å². The third-order valence-corrected chi connectivity index (χ3v) is 6.21. The Bertz CT molecular complexity index is 752. The second-order valence-electron chi connectivity index (χ2n) is 6.09. The number of rotatable bonds is 5. The smallest absolute Gasteiger partial charge is 0.371 e. The topological polar surface area (TPSA) is 126 Å². The van der Waals surface area contributed by atoms with Crippen LogP contribution in [-0.4, -0.2) is 61.5 Å². The van der Waals surface area contributed by atoms with Crippen molar-refractivity contribution in [1.82, 2.24) is 9.62 Å². The molecule has 9 nitrogen and oxygen atoms in total. The zero-order chi connectivity index (χ0) is 18.0. The van der Waals surface area contributed by atoms with E-state index in [4.69, 9.17) is 14.3 Å². The summed E-state index contributed by atoms with van der Waals surface area (Å²) < 4.78 is 36.7. The van der Waals surface area contributed by atoms with E-state index in [2.05, 4.69) is 5.32 Å². The first-order chi connectivity index (χ1) is 11.9. The van der Waals surface area contributed by atoms with E-state index in [0.29, 0.717) is 38.9 Å². The van der Waals surface area contributed by atoms with E-state index in [1.165, 1.54) is 0 Å². The third-order valence-electron chi connectivity index (χ3n) is 4.43. The van der Waals surface area contributed by atoms with Crippen LogP contribution in [0.25, 0.3) is 0 Å². The SMILES string of the molecule is O=C(O)c1ccc(S(=O)(=O)N2CCCC2C(=O)NC2CCOCC2)o1. The number of carboxylic acid groups (broad SMARTS) is 1. The van der Waals surface area contributed by atoms with E-state index in [1.54, 1.807) is 0 Å². The Labute approximate surface area is 145 Å². The van der Waals surface area contributed by atoms with E-state index in [1.807, 2.05) is 0 Å². The summed E-state index contributed by atoms with van der Waals surface area (Å²) in [4.78, 5) is 23.4. The van der Waals surface area contributed by atoms with Gasteiger partial charge in [0.05, 0.1) is 0 Å². The summed E-state index contributed by atoms with van der Waals surface area (Å²) in [5.41, 5.74) is 0. The molecule has 2 aliphatic rings. The summed E-state index contributed by atoms with van der Waals surface area (Å²) in [5, 5.41) is 11.3. The van der Waals surface area contributed by atoms with Gasteiger partial charge in [0.15, 0.2) is 0 Å². The highest BCUT2D eigenvalue weighted by atomic mass is 32.2.